The van der Waals surface area contributed by atoms with E-state index in [9.17, 15) is 18.3 Å². The van der Waals surface area contributed by atoms with Crippen LogP contribution in [0.5, 0.6) is 5.75 Å². The van der Waals surface area contributed by atoms with Crippen LogP contribution in [0.1, 0.15) is 30.1 Å². The largest absolute Gasteiger partial charge is 0.507 e. The molecule has 1 aliphatic rings. The summed E-state index contributed by atoms with van der Waals surface area (Å²) in [4.78, 5) is 11.5. The Balaban J connectivity index is 2.38. The molecule has 1 aliphatic carbocycles. The number of phenolic OH excluding ortho intramolecular Hbond substituents is 1. The summed E-state index contributed by atoms with van der Waals surface area (Å²) >= 11 is 0. The lowest BCUT2D eigenvalue weighted by Crippen LogP contribution is -2.36. The lowest BCUT2D eigenvalue weighted by Gasteiger charge is -2.24. The first-order valence-electron chi connectivity index (χ1n) is 6.68. The Hall–Kier alpha value is -1.60. The van der Waals surface area contributed by atoms with Crippen LogP contribution >= 0.6 is 0 Å². The molecular formula is C14H19NO5S. The van der Waals surface area contributed by atoms with Crippen LogP contribution in [0.15, 0.2) is 23.1 Å². The third kappa shape index (κ3) is 3.03. The highest BCUT2D eigenvalue weighted by Crippen LogP contribution is 2.36. The SMILES string of the molecule is COC(=O)c1cc(S(=O)(=O)N(C)C(C)C2CC2)ccc1O. The number of hydrogen-bond acceptors (Lipinski definition) is 5. The molecule has 0 spiro atoms. The third-order valence-electron chi connectivity index (χ3n) is 3.93. The zero-order chi connectivity index (χ0) is 15.8. The van der Waals surface area contributed by atoms with Crippen molar-refractivity contribution in [2.24, 2.45) is 5.92 Å². The van der Waals surface area contributed by atoms with Crippen molar-refractivity contribution in [2.45, 2.75) is 30.7 Å². The molecular weight excluding hydrogens is 294 g/mol. The Kier molecular flexibility index (Phi) is 4.25. The van der Waals surface area contributed by atoms with Crippen LogP contribution in [0.25, 0.3) is 0 Å². The number of aromatic hydroxyl groups is 1. The van der Waals surface area contributed by atoms with E-state index >= 15 is 0 Å². The summed E-state index contributed by atoms with van der Waals surface area (Å²) in [6.07, 6.45) is 2.06. The minimum atomic E-state index is -3.71. The van der Waals surface area contributed by atoms with E-state index in [2.05, 4.69) is 4.74 Å². The first-order chi connectivity index (χ1) is 9.78. The maximum Gasteiger partial charge on any atom is 0.341 e. The number of nitrogens with zero attached hydrogens (tertiary/aromatic N) is 1. The molecule has 1 fully saturated rings. The molecule has 6 nitrogen and oxygen atoms in total. The van der Waals surface area contributed by atoms with Gasteiger partial charge in [0.2, 0.25) is 10.0 Å². The average molecular weight is 313 g/mol. The maximum atomic E-state index is 12.6. The minimum Gasteiger partial charge on any atom is -0.507 e. The van der Waals surface area contributed by atoms with Gasteiger partial charge in [0.25, 0.3) is 0 Å². The van der Waals surface area contributed by atoms with E-state index in [1.54, 1.807) is 0 Å². The number of methoxy groups -OCH3 is 1. The van der Waals surface area contributed by atoms with Gasteiger partial charge in [0.05, 0.1) is 12.0 Å². The quantitative estimate of drug-likeness (QED) is 0.835. The highest BCUT2D eigenvalue weighted by atomic mass is 32.2. The molecule has 1 N–H and O–H groups in total. The van der Waals surface area contributed by atoms with Crippen molar-refractivity contribution in [3.05, 3.63) is 23.8 Å². The molecule has 1 aromatic carbocycles. The fraction of sp³-hybridized carbons (Fsp3) is 0.500. The number of phenols is 1. The van der Waals surface area contributed by atoms with Crippen LogP contribution in [0.2, 0.25) is 0 Å². The van der Waals surface area contributed by atoms with Crippen molar-refractivity contribution < 1.29 is 23.1 Å². The summed E-state index contributed by atoms with van der Waals surface area (Å²) in [6, 6.07) is 3.53. The predicted octanol–water partition coefficient (Wildman–Crippen LogP) is 1.60. The Morgan fingerprint density at radius 2 is 2.05 bits per heavy atom. The zero-order valence-corrected chi connectivity index (χ0v) is 13.1. The summed E-state index contributed by atoms with van der Waals surface area (Å²) in [5.74, 6) is -0.692. The van der Waals surface area contributed by atoms with Crippen molar-refractivity contribution in [3.8, 4) is 5.75 Å². The Labute approximate surface area is 124 Å². The maximum absolute atomic E-state index is 12.6. The molecule has 1 saturated carbocycles. The van der Waals surface area contributed by atoms with Gasteiger partial charge in [0.1, 0.15) is 11.3 Å². The molecule has 21 heavy (non-hydrogen) atoms. The fourth-order valence-electron chi connectivity index (χ4n) is 2.21. The molecule has 0 aliphatic heterocycles. The smallest absolute Gasteiger partial charge is 0.341 e. The van der Waals surface area contributed by atoms with Crippen LogP contribution in [0, 0.1) is 5.92 Å². The van der Waals surface area contributed by atoms with Crippen molar-refractivity contribution >= 4 is 16.0 Å². The van der Waals surface area contributed by atoms with Gasteiger partial charge in [-0.2, -0.15) is 4.31 Å². The van der Waals surface area contributed by atoms with Crippen LogP contribution in [0.4, 0.5) is 0 Å². The third-order valence-corrected chi connectivity index (χ3v) is 5.87. The van der Waals surface area contributed by atoms with Gasteiger partial charge < -0.3 is 9.84 Å². The van der Waals surface area contributed by atoms with Crippen molar-refractivity contribution in [1.29, 1.82) is 0 Å². The van der Waals surface area contributed by atoms with Gasteiger partial charge in [-0.25, -0.2) is 13.2 Å². The molecule has 2 rings (SSSR count). The number of carbonyl (C=O) groups excluding carboxylic acids is 1. The molecule has 0 saturated heterocycles. The van der Waals surface area contributed by atoms with Crippen molar-refractivity contribution in [3.63, 3.8) is 0 Å². The fourth-order valence-corrected chi connectivity index (χ4v) is 3.66. The average Bonchev–Trinajstić information content (AvgIpc) is 3.29. The number of sulfonamides is 1. The highest BCUT2D eigenvalue weighted by molar-refractivity contribution is 7.89. The Morgan fingerprint density at radius 3 is 2.57 bits per heavy atom. The number of hydrogen-bond donors (Lipinski definition) is 1. The van der Waals surface area contributed by atoms with Crippen LogP contribution in [0.3, 0.4) is 0 Å². The molecule has 0 heterocycles. The molecule has 0 amide bonds. The van der Waals surface area contributed by atoms with Gasteiger partial charge in [-0.15, -0.1) is 0 Å². The molecule has 116 valence electrons. The van der Waals surface area contributed by atoms with E-state index in [-0.39, 0.29) is 22.3 Å². The monoisotopic (exact) mass is 313 g/mol. The number of esters is 1. The van der Waals surface area contributed by atoms with Gasteiger partial charge in [-0.3, -0.25) is 0 Å². The van der Waals surface area contributed by atoms with E-state index in [1.807, 2.05) is 6.92 Å². The normalized spacial score (nSPS) is 16.8. The molecule has 7 heteroatoms. The number of ether oxygens (including phenoxy) is 1. The topological polar surface area (TPSA) is 83.9 Å². The molecule has 0 bridgehead atoms. The van der Waals surface area contributed by atoms with Gasteiger partial charge in [-0.1, -0.05) is 0 Å². The first-order valence-corrected chi connectivity index (χ1v) is 8.12. The minimum absolute atomic E-state index is 0.0318. The summed E-state index contributed by atoms with van der Waals surface area (Å²) in [7, 11) is -1.01. The standard InChI is InChI=1S/C14H19NO5S/c1-9(10-4-5-10)15(2)21(18,19)11-6-7-13(16)12(8-11)14(17)20-3/h6-10,16H,4-5H2,1-3H3. The number of rotatable bonds is 5. The van der Waals surface area contributed by atoms with E-state index in [0.717, 1.165) is 18.9 Å². The summed E-state index contributed by atoms with van der Waals surface area (Å²) in [5.41, 5.74) is -0.161. The lowest BCUT2D eigenvalue weighted by molar-refractivity contribution is 0.0597. The molecule has 0 radical (unpaired) electrons. The van der Waals surface area contributed by atoms with E-state index in [4.69, 9.17) is 0 Å². The summed E-state index contributed by atoms with van der Waals surface area (Å²) in [6.45, 7) is 1.87. The van der Waals surface area contributed by atoms with E-state index in [1.165, 1.54) is 30.6 Å². The van der Waals surface area contributed by atoms with Crippen LogP contribution < -0.4 is 0 Å². The lowest BCUT2D eigenvalue weighted by atomic mass is 10.2. The summed E-state index contributed by atoms with van der Waals surface area (Å²) < 4.78 is 31.0. The zero-order valence-electron chi connectivity index (χ0n) is 12.2. The number of benzene rings is 1. The van der Waals surface area contributed by atoms with Crippen molar-refractivity contribution in [1.82, 2.24) is 4.31 Å². The van der Waals surface area contributed by atoms with Crippen molar-refractivity contribution in [2.75, 3.05) is 14.2 Å². The molecule has 0 aromatic heterocycles. The van der Waals surface area contributed by atoms with Crippen LogP contribution in [-0.4, -0.2) is 44.0 Å². The Bertz CT molecular complexity index is 651. The van der Waals surface area contributed by atoms with Gasteiger partial charge >= 0.3 is 5.97 Å². The first kappa shape index (κ1) is 15.8. The summed E-state index contributed by atoms with van der Waals surface area (Å²) in [5, 5.41) is 9.64. The second-order valence-corrected chi connectivity index (χ2v) is 7.27. The van der Waals surface area contributed by atoms with Gasteiger partial charge in [0, 0.05) is 13.1 Å². The molecule has 1 unspecified atom stereocenters. The van der Waals surface area contributed by atoms with E-state index < -0.39 is 16.0 Å². The second kappa shape index (κ2) is 5.65. The molecule has 1 atom stereocenters. The number of carbonyl (C=O) groups is 1. The van der Waals surface area contributed by atoms with Crippen LogP contribution in [-0.2, 0) is 14.8 Å². The Morgan fingerprint density at radius 1 is 1.43 bits per heavy atom. The molecule has 1 aromatic rings. The van der Waals surface area contributed by atoms with Gasteiger partial charge in [-0.05, 0) is 43.9 Å². The predicted molar refractivity (Wildman–Crippen MR) is 76.6 cm³/mol. The second-order valence-electron chi connectivity index (χ2n) is 5.27. The highest BCUT2D eigenvalue weighted by Gasteiger charge is 2.36. The van der Waals surface area contributed by atoms with Gasteiger partial charge in [0.15, 0.2) is 0 Å². The van der Waals surface area contributed by atoms with E-state index in [0.29, 0.717) is 5.92 Å².